The molecule has 1 aliphatic heterocycles. The summed E-state index contributed by atoms with van der Waals surface area (Å²) in [5, 5.41) is 0. The molecule has 3 aliphatic rings. The molecule has 2 fully saturated rings. The molecule has 7 heteroatoms. The molecule has 1 aromatic carbocycles. The van der Waals surface area contributed by atoms with Gasteiger partial charge in [-0.15, -0.1) is 0 Å². The molecular formula is C28H31FN4O2. The van der Waals surface area contributed by atoms with Gasteiger partial charge in [0, 0.05) is 53.3 Å². The Morgan fingerprint density at radius 1 is 1.11 bits per heavy atom. The van der Waals surface area contributed by atoms with Gasteiger partial charge in [0.1, 0.15) is 5.82 Å². The molecular weight excluding hydrogens is 443 g/mol. The molecule has 35 heavy (non-hydrogen) atoms. The van der Waals surface area contributed by atoms with Gasteiger partial charge >= 0.3 is 0 Å². The van der Waals surface area contributed by atoms with Gasteiger partial charge in [-0.3, -0.25) is 4.98 Å². The molecule has 3 aromatic rings. The van der Waals surface area contributed by atoms with Crippen molar-refractivity contribution in [3.05, 3.63) is 65.4 Å². The average Bonchev–Trinajstić information content (AvgIpc) is 3.36. The fourth-order valence-corrected chi connectivity index (χ4v) is 6.41. The second-order valence-corrected chi connectivity index (χ2v) is 9.96. The minimum Gasteiger partial charge on any atom is -0.347 e. The first-order valence-electron chi connectivity index (χ1n) is 12.7. The first kappa shape index (κ1) is 22.7. The summed E-state index contributed by atoms with van der Waals surface area (Å²) in [6.07, 6.45) is 6.05. The van der Waals surface area contributed by atoms with Crippen LogP contribution in [0.1, 0.15) is 49.1 Å². The molecule has 3 unspecified atom stereocenters. The molecule has 1 saturated carbocycles. The first-order chi connectivity index (χ1) is 17.1. The van der Waals surface area contributed by atoms with E-state index in [1.165, 1.54) is 6.07 Å². The van der Waals surface area contributed by atoms with Crippen molar-refractivity contribution in [1.82, 2.24) is 15.0 Å². The lowest BCUT2D eigenvalue weighted by Gasteiger charge is -2.48. The molecule has 0 radical (unpaired) electrons. The number of hydrogen-bond donors (Lipinski definition) is 1. The maximum absolute atomic E-state index is 15.0. The molecule has 0 bridgehead atoms. The molecule has 6 rings (SSSR count). The molecule has 1 spiro atoms. The van der Waals surface area contributed by atoms with Crippen LogP contribution in [0, 0.1) is 17.7 Å². The van der Waals surface area contributed by atoms with Gasteiger partial charge in [-0.1, -0.05) is 19.1 Å². The lowest BCUT2D eigenvalue weighted by atomic mass is 9.63. The van der Waals surface area contributed by atoms with E-state index in [1.807, 2.05) is 24.3 Å². The third-order valence-corrected chi connectivity index (χ3v) is 8.15. The maximum Gasteiger partial charge on any atom is 0.171 e. The van der Waals surface area contributed by atoms with Crippen molar-refractivity contribution in [2.75, 3.05) is 19.8 Å². The zero-order valence-corrected chi connectivity index (χ0v) is 20.0. The lowest BCUT2D eigenvalue weighted by Crippen LogP contribution is -2.48. The van der Waals surface area contributed by atoms with Crippen LogP contribution < -0.4 is 5.73 Å². The van der Waals surface area contributed by atoms with Crippen molar-refractivity contribution in [3.63, 3.8) is 0 Å². The molecule has 3 atom stereocenters. The summed E-state index contributed by atoms with van der Waals surface area (Å²) in [5.74, 6) is 0.823. The third kappa shape index (κ3) is 3.86. The van der Waals surface area contributed by atoms with Crippen molar-refractivity contribution in [2.45, 2.75) is 50.7 Å². The van der Waals surface area contributed by atoms with Crippen molar-refractivity contribution in [3.8, 4) is 22.6 Å². The van der Waals surface area contributed by atoms with Gasteiger partial charge in [0.25, 0.3) is 0 Å². The van der Waals surface area contributed by atoms with Gasteiger partial charge in [0.15, 0.2) is 11.6 Å². The molecule has 2 aliphatic carbocycles. The van der Waals surface area contributed by atoms with Crippen LogP contribution >= 0.6 is 0 Å². The van der Waals surface area contributed by atoms with Gasteiger partial charge in [-0.2, -0.15) is 0 Å². The molecule has 182 valence electrons. The number of fused-ring (bicyclic) bond motifs is 3. The van der Waals surface area contributed by atoms with Crippen molar-refractivity contribution >= 4 is 0 Å². The SMILES string of the molecule is CC1C2CCc3c(-c4ccccc4F)nc(-c4ccnc(CCN)c4)nc3C2CCC12OCCO2. The van der Waals surface area contributed by atoms with Gasteiger partial charge in [-0.25, -0.2) is 14.4 Å². The third-order valence-electron chi connectivity index (χ3n) is 8.15. The largest absolute Gasteiger partial charge is 0.347 e. The van der Waals surface area contributed by atoms with E-state index in [2.05, 4.69) is 11.9 Å². The Labute approximate surface area is 205 Å². The predicted octanol–water partition coefficient (Wildman–Crippen LogP) is 4.66. The minimum atomic E-state index is -0.467. The van der Waals surface area contributed by atoms with Crippen LogP contribution in [0.2, 0.25) is 0 Å². The Hall–Kier alpha value is -2.74. The molecule has 1 saturated heterocycles. The van der Waals surface area contributed by atoms with E-state index in [0.29, 0.717) is 49.2 Å². The number of ether oxygens (including phenoxy) is 2. The van der Waals surface area contributed by atoms with Gasteiger partial charge in [0.05, 0.1) is 24.6 Å². The highest BCUT2D eigenvalue weighted by atomic mass is 19.1. The number of benzene rings is 1. The summed E-state index contributed by atoms with van der Waals surface area (Å²) in [6, 6.07) is 10.8. The zero-order valence-electron chi connectivity index (χ0n) is 20.0. The Morgan fingerprint density at radius 3 is 2.74 bits per heavy atom. The highest BCUT2D eigenvalue weighted by Gasteiger charge is 2.53. The minimum absolute atomic E-state index is 0.260. The number of nitrogens with zero attached hydrogens (tertiary/aromatic N) is 3. The molecule has 0 amide bonds. The Bertz CT molecular complexity index is 1240. The van der Waals surface area contributed by atoms with Crippen LogP contribution in [-0.4, -0.2) is 40.5 Å². The van der Waals surface area contributed by atoms with Crippen LogP contribution in [0.5, 0.6) is 0 Å². The molecule has 3 heterocycles. The summed E-state index contributed by atoms with van der Waals surface area (Å²) in [7, 11) is 0. The second-order valence-electron chi connectivity index (χ2n) is 9.96. The van der Waals surface area contributed by atoms with Gasteiger partial charge in [-0.05, 0) is 56.0 Å². The Balaban J connectivity index is 1.49. The Morgan fingerprint density at radius 2 is 1.94 bits per heavy atom. The summed E-state index contributed by atoms with van der Waals surface area (Å²) in [6.45, 7) is 4.11. The van der Waals surface area contributed by atoms with Gasteiger partial charge in [0.2, 0.25) is 0 Å². The first-order valence-corrected chi connectivity index (χ1v) is 12.7. The van der Waals surface area contributed by atoms with E-state index in [4.69, 9.17) is 25.2 Å². The van der Waals surface area contributed by atoms with Crippen molar-refractivity contribution < 1.29 is 13.9 Å². The van der Waals surface area contributed by atoms with E-state index >= 15 is 4.39 Å². The number of hydrogen-bond acceptors (Lipinski definition) is 6. The van der Waals surface area contributed by atoms with Crippen LogP contribution in [0.25, 0.3) is 22.6 Å². The fraction of sp³-hybridized carbons (Fsp3) is 0.464. The average molecular weight is 475 g/mol. The summed E-state index contributed by atoms with van der Waals surface area (Å²) in [5.41, 5.74) is 10.9. The Kier molecular flexibility index (Phi) is 5.87. The van der Waals surface area contributed by atoms with Crippen LogP contribution in [0.4, 0.5) is 4.39 Å². The van der Waals surface area contributed by atoms with Crippen molar-refractivity contribution in [1.29, 1.82) is 0 Å². The fourth-order valence-electron chi connectivity index (χ4n) is 6.41. The van der Waals surface area contributed by atoms with Crippen LogP contribution in [-0.2, 0) is 22.3 Å². The number of nitrogens with two attached hydrogens (primary N) is 1. The number of halogens is 1. The number of pyridine rings is 1. The van der Waals surface area contributed by atoms with Crippen LogP contribution in [0.15, 0.2) is 42.6 Å². The zero-order chi connectivity index (χ0) is 24.0. The van der Waals surface area contributed by atoms with E-state index in [9.17, 15) is 0 Å². The smallest absolute Gasteiger partial charge is 0.171 e. The quantitative estimate of drug-likeness (QED) is 0.592. The topological polar surface area (TPSA) is 83.2 Å². The van der Waals surface area contributed by atoms with E-state index in [1.54, 1.807) is 12.3 Å². The summed E-state index contributed by atoms with van der Waals surface area (Å²) in [4.78, 5) is 14.5. The van der Waals surface area contributed by atoms with Gasteiger partial charge < -0.3 is 15.2 Å². The predicted molar refractivity (Wildman–Crippen MR) is 131 cm³/mol. The van der Waals surface area contributed by atoms with E-state index in [-0.39, 0.29) is 17.7 Å². The molecule has 6 nitrogen and oxygen atoms in total. The number of rotatable bonds is 4. The van der Waals surface area contributed by atoms with Crippen LogP contribution in [0.3, 0.4) is 0 Å². The number of aromatic nitrogens is 3. The summed E-state index contributed by atoms with van der Waals surface area (Å²) >= 11 is 0. The van der Waals surface area contributed by atoms with Crippen molar-refractivity contribution in [2.24, 2.45) is 17.6 Å². The van der Waals surface area contributed by atoms with E-state index < -0.39 is 5.79 Å². The standard InChI is InChI=1S/C28H31FN4O2/c1-17-20-6-7-23-25(21(20)8-11-28(17)34-14-15-35-28)32-27(18-10-13-31-19(16-18)9-12-30)33-26(23)22-4-2-3-5-24(22)29/h2-5,10,13,16-17,20-21H,6-9,11-12,14-15,30H2,1H3. The normalized spacial score (nSPS) is 24.8. The highest BCUT2D eigenvalue weighted by Crippen LogP contribution is 2.54. The maximum atomic E-state index is 15.0. The lowest BCUT2D eigenvalue weighted by molar-refractivity contribution is -0.226. The molecule has 2 N–H and O–H groups in total. The summed E-state index contributed by atoms with van der Waals surface area (Å²) < 4.78 is 27.3. The molecule has 2 aromatic heterocycles. The second kappa shape index (κ2) is 9.04. The monoisotopic (exact) mass is 474 g/mol. The van der Waals surface area contributed by atoms with E-state index in [0.717, 1.165) is 48.2 Å². The highest BCUT2D eigenvalue weighted by molar-refractivity contribution is 5.69.